The molecule has 0 saturated carbocycles. The first kappa shape index (κ1) is 13.6. The average molecular weight is 281 g/mol. The molecule has 0 bridgehead atoms. The van der Waals surface area contributed by atoms with Crippen molar-refractivity contribution in [3.63, 3.8) is 0 Å². The molecule has 0 fully saturated rings. The van der Waals surface area contributed by atoms with E-state index in [1.165, 1.54) is 4.80 Å². The molecule has 21 heavy (non-hydrogen) atoms. The Bertz CT molecular complexity index is 780. The zero-order valence-electron chi connectivity index (χ0n) is 12.8. The number of aryl methyl sites for hydroxylation is 1. The predicted octanol–water partition coefficient (Wildman–Crippen LogP) is 3.73. The maximum Gasteiger partial charge on any atom is 0.146 e. The zero-order chi connectivity index (χ0) is 15.2. The van der Waals surface area contributed by atoms with Gasteiger partial charge < -0.3 is 5.11 Å². The molecule has 0 amide bonds. The van der Waals surface area contributed by atoms with Crippen LogP contribution in [-0.4, -0.2) is 20.1 Å². The van der Waals surface area contributed by atoms with Gasteiger partial charge in [-0.25, -0.2) is 0 Å². The van der Waals surface area contributed by atoms with Crippen LogP contribution in [0.1, 0.15) is 31.9 Å². The minimum Gasteiger partial charge on any atom is -0.505 e. The summed E-state index contributed by atoms with van der Waals surface area (Å²) in [5.74, 6) is 0.244. The fourth-order valence-corrected chi connectivity index (χ4v) is 2.45. The first-order valence-electron chi connectivity index (χ1n) is 7.03. The van der Waals surface area contributed by atoms with E-state index < -0.39 is 0 Å². The summed E-state index contributed by atoms with van der Waals surface area (Å²) in [6.45, 7) is 8.26. The number of aromatic hydroxyl groups is 1. The van der Waals surface area contributed by atoms with Crippen LogP contribution in [0.5, 0.6) is 5.75 Å². The van der Waals surface area contributed by atoms with E-state index in [4.69, 9.17) is 0 Å². The van der Waals surface area contributed by atoms with Crippen LogP contribution in [-0.2, 0) is 5.41 Å². The molecule has 1 heterocycles. The number of aromatic nitrogens is 3. The number of fused-ring (bicyclic) bond motifs is 1. The third-order valence-corrected chi connectivity index (χ3v) is 3.54. The normalized spacial score (nSPS) is 12.0. The van der Waals surface area contributed by atoms with Crippen molar-refractivity contribution in [2.24, 2.45) is 0 Å². The summed E-state index contributed by atoms with van der Waals surface area (Å²) in [7, 11) is 0. The second kappa shape index (κ2) is 4.58. The van der Waals surface area contributed by atoms with Gasteiger partial charge in [0.25, 0.3) is 0 Å². The van der Waals surface area contributed by atoms with Crippen LogP contribution in [0.3, 0.4) is 0 Å². The monoisotopic (exact) mass is 281 g/mol. The fourth-order valence-electron chi connectivity index (χ4n) is 2.45. The molecule has 3 aromatic rings. The summed E-state index contributed by atoms with van der Waals surface area (Å²) in [6, 6.07) is 11.6. The Kier molecular flexibility index (Phi) is 2.97. The molecule has 0 aliphatic heterocycles. The van der Waals surface area contributed by atoms with Crippen LogP contribution in [0.4, 0.5) is 0 Å². The van der Waals surface area contributed by atoms with E-state index in [1.54, 1.807) is 0 Å². The fraction of sp³-hybridized carbons (Fsp3) is 0.294. The number of hydrogen-bond acceptors (Lipinski definition) is 3. The Morgan fingerprint density at radius 1 is 1.00 bits per heavy atom. The molecule has 2 aromatic carbocycles. The third kappa shape index (κ3) is 2.37. The van der Waals surface area contributed by atoms with E-state index in [-0.39, 0.29) is 11.2 Å². The summed E-state index contributed by atoms with van der Waals surface area (Å²) in [5.41, 5.74) is 4.09. The highest BCUT2D eigenvalue weighted by molar-refractivity contribution is 5.73. The first-order valence-corrected chi connectivity index (χ1v) is 7.03. The molecule has 0 aliphatic carbocycles. The van der Waals surface area contributed by atoms with Gasteiger partial charge in [0.2, 0.25) is 0 Å². The molecule has 1 N–H and O–H groups in total. The number of phenols is 1. The highest BCUT2D eigenvalue weighted by Gasteiger charge is 2.22. The van der Waals surface area contributed by atoms with Crippen LogP contribution < -0.4 is 0 Å². The lowest BCUT2D eigenvalue weighted by Crippen LogP contribution is -2.13. The van der Waals surface area contributed by atoms with Crippen molar-refractivity contribution < 1.29 is 5.11 Å². The number of phenolic OH excluding ortho intramolecular Hbond substituents is 1. The summed E-state index contributed by atoms with van der Waals surface area (Å²) >= 11 is 0. The second-order valence-electron chi connectivity index (χ2n) is 6.41. The molecule has 0 atom stereocenters. The van der Waals surface area contributed by atoms with Gasteiger partial charge in [0.1, 0.15) is 22.5 Å². The minimum atomic E-state index is -0.141. The van der Waals surface area contributed by atoms with Gasteiger partial charge >= 0.3 is 0 Å². The third-order valence-electron chi connectivity index (χ3n) is 3.54. The summed E-state index contributed by atoms with van der Waals surface area (Å²) < 4.78 is 0. The van der Waals surface area contributed by atoms with Crippen molar-refractivity contribution in [3.05, 3.63) is 47.5 Å². The molecule has 108 valence electrons. The van der Waals surface area contributed by atoms with E-state index in [2.05, 4.69) is 31.0 Å². The van der Waals surface area contributed by atoms with E-state index in [1.807, 2.05) is 43.3 Å². The zero-order valence-corrected chi connectivity index (χ0v) is 12.8. The molecule has 1 aromatic heterocycles. The van der Waals surface area contributed by atoms with Crippen molar-refractivity contribution in [2.75, 3.05) is 0 Å². The second-order valence-corrected chi connectivity index (χ2v) is 6.41. The molecule has 0 aliphatic rings. The van der Waals surface area contributed by atoms with Gasteiger partial charge in [0.15, 0.2) is 0 Å². The highest BCUT2D eigenvalue weighted by atomic mass is 16.3. The predicted molar refractivity (Wildman–Crippen MR) is 84.0 cm³/mol. The van der Waals surface area contributed by atoms with Crippen LogP contribution in [0.2, 0.25) is 0 Å². The molecule has 4 nitrogen and oxygen atoms in total. The largest absolute Gasteiger partial charge is 0.505 e. The van der Waals surface area contributed by atoms with Crippen molar-refractivity contribution in [2.45, 2.75) is 33.1 Å². The Morgan fingerprint density at radius 3 is 2.10 bits per heavy atom. The van der Waals surface area contributed by atoms with Crippen LogP contribution in [0.15, 0.2) is 36.4 Å². The van der Waals surface area contributed by atoms with Gasteiger partial charge in [-0.1, -0.05) is 39.0 Å². The highest BCUT2D eigenvalue weighted by Crippen LogP contribution is 2.35. The van der Waals surface area contributed by atoms with Gasteiger partial charge in [-0.15, -0.1) is 15.0 Å². The standard InChI is InChI=1S/C17H19N3O/c1-11-9-12(17(2,3)4)16(21)15(10-11)20-18-13-7-5-6-8-14(13)19-20/h5-10,21H,1-4H3. The summed E-state index contributed by atoms with van der Waals surface area (Å²) in [4.78, 5) is 1.52. The molecule has 0 spiro atoms. The SMILES string of the molecule is Cc1cc(-n2nc3ccccc3n2)c(O)c(C(C)(C)C)c1. The first-order chi connectivity index (χ1) is 9.86. The maximum absolute atomic E-state index is 10.6. The van der Waals surface area contributed by atoms with Crippen molar-refractivity contribution in [1.29, 1.82) is 0 Å². The molecular formula is C17H19N3O. The Balaban J connectivity index is 2.24. The number of rotatable bonds is 1. The Hall–Kier alpha value is -2.36. The van der Waals surface area contributed by atoms with Crippen LogP contribution >= 0.6 is 0 Å². The number of hydrogen-bond donors (Lipinski definition) is 1. The van der Waals surface area contributed by atoms with E-state index >= 15 is 0 Å². The Morgan fingerprint density at radius 2 is 1.57 bits per heavy atom. The van der Waals surface area contributed by atoms with Crippen molar-refractivity contribution >= 4 is 11.0 Å². The quantitative estimate of drug-likeness (QED) is 0.739. The van der Waals surface area contributed by atoms with Crippen LogP contribution in [0.25, 0.3) is 16.7 Å². The van der Waals surface area contributed by atoms with Gasteiger partial charge in [-0.2, -0.15) is 0 Å². The van der Waals surface area contributed by atoms with Gasteiger partial charge in [0.05, 0.1) is 0 Å². The smallest absolute Gasteiger partial charge is 0.146 e. The van der Waals surface area contributed by atoms with E-state index in [0.29, 0.717) is 5.69 Å². The molecule has 0 unspecified atom stereocenters. The number of nitrogens with zero attached hydrogens (tertiary/aromatic N) is 3. The molecule has 0 saturated heterocycles. The van der Waals surface area contributed by atoms with Crippen LogP contribution in [0, 0.1) is 6.92 Å². The van der Waals surface area contributed by atoms with Gasteiger partial charge in [-0.05, 0) is 36.1 Å². The average Bonchev–Trinajstić information content (AvgIpc) is 2.83. The van der Waals surface area contributed by atoms with Crippen molar-refractivity contribution in [3.8, 4) is 11.4 Å². The minimum absolute atomic E-state index is 0.141. The van der Waals surface area contributed by atoms with Gasteiger partial charge in [-0.3, -0.25) is 0 Å². The topological polar surface area (TPSA) is 50.9 Å². The Labute approximate surface area is 124 Å². The summed E-state index contributed by atoms with van der Waals surface area (Å²) in [6.07, 6.45) is 0. The van der Waals surface area contributed by atoms with E-state index in [0.717, 1.165) is 22.2 Å². The molecule has 0 radical (unpaired) electrons. The lowest BCUT2D eigenvalue weighted by molar-refractivity contribution is 0.440. The molecule has 3 rings (SSSR count). The van der Waals surface area contributed by atoms with E-state index in [9.17, 15) is 5.11 Å². The van der Waals surface area contributed by atoms with Crippen molar-refractivity contribution in [1.82, 2.24) is 15.0 Å². The lowest BCUT2D eigenvalue weighted by Gasteiger charge is -2.22. The lowest BCUT2D eigenvalue weighted by atomic mass is 9.85. The maximum atomic E-state index is 10.6. The molecular weight excluding hydrogens is 262 g/mol. The van der Waals surface area contributed by atoms with Gasteiger partial charge in [0, 0.05) is 5.56 Å². The number of benzene rings is 2. The molecule has 4 heteroatoms. The summed E-state index contributed by atoms with van der Waals surface area (Å²) in [5, 5.41) is 19.5.